The highest BCUT2D eigenvalue weighted by Gasteiger charge is 2.52. The molecule has 0 radical (unpaired) electrons. The minimum Gasteiger partial charge on any atom is -0.381 e. The standard InChI is InChI=1S/C33H50N6O5Si/c1-22(2)39-26(11-14-35-39)30(40)37-29(24-9-7-23(3)8-10-24)31(41)36-28-19-27-25(20-34-28)33(12-15-43-16-13-33)32(42)38(27)21-44-17-18-45(4,5)6/h11,14,19-20,22-24,29H,7-10,12-13,15-18,21H2,1-6H3,(H,37,40)(H,34,36,41). The summed E-state index contributed by atoms with van der Waals surface area (Å²) in [4.78, 5) is 47.7. The van der Waals surface area contributed by atoms with Crippen LogP contribution in [-0.2, 0) is 24.5 Å². The SMILES string of the molecule is CC1CCC(C(NC(=O)c2ccnn2C(C)C)C(=O)Nc2cc3c(cn2)C2(CCOCC2)C(=O)N3COCC[Si](C)(C)C)CC1. The molecule has 2 fully saturated rings. The summed E-state index contributed by atoms with van der Waals surface area (Å²) in [7, 11) is -1.29. The Bertz CT molecular complexity index is 1370. The minimum atomic E-state index is -1.29. The van der Waals surface area contributed by atoms with Crippen LogP contribution in [0.4, 0.5) is 11.5 Å². The van der Waals surface area contributed by atoms with Crippen molar-refractivity contribution in [3.63, 3.8) is 0 Å². The number of rotatable bonds is 11. The van der Waals surface area contributed by atoms with Gasteiger partial charge in [-0.05, 0) is 63.5 Å². The Balaban J connectivity index is 1.38. The van der Waals surface area contributed by atoms with Crippen LogP contribution in [-0.4, -0.2) is 73.2 Å². The molecule has 1 unspecified atom stereocenters. The number of hydrogen-bond donors (Lipinski definition) is 2. The highest BCUT2D eigenvalue weighted by molar-refractivity contribution is 6.76. The van der Waals surface area contributed by atoms with Gasteiger partial charge in [0.1, 0.15) is 24.3 Å². The fourth-order valence-corrected chi connectivity index (χ4v) is 7.55. The van der Waals surface area contributed by atoms with Gasteiger partial charge in [0, 0.05) is 58.0 Å². The van der Waals surface area contributed by atoms with E-state index in [1.807, 2.05) is 13.8 Å². The number of pyridine rings is 1. The molecule has 2 aliphatic heterocycles. The molecule has 5 rings (SSSR count). The lowest BCUT2D eigenvalue weighted by molar-refractivity contribution is -0.127. The highest BCUT2D eigenvalue weighted by atomic mass is 28.3. The molecule has 2 aromatic heterocycles. The van der Waals surface area contributed by atoms with Gasteiger partial charge in [-0.1, -0.05) is 39.4 Å². The topological polar surface area (TPSA) is 128 Å². The molecular formula is C33H50N6O5Si. The number of amides is 3. The third-order valence-electron chi connectivity index (χ3n) is 9.65. The Labute approximate surface area is 267 Å². The smallest absolute Gasteiger partial charge is 0.270 e. The highest BCUT2D eigenvalue weighted by Crippen LogP contribution is 2.48. The van der Waals surface area contributed by atoms with E-state index in [2.05, 4.69) is 47.3 Å². The lowest BCUT2D eigenvalue weighted by Crippen LogP contribution is -2.49. The Kier molecular flexibility index (Phi) is 10.1. The molecule has 2 aromatic rings. The number of hydrogen-bond acceptors (Lipinski definition) is 7. The molecule has 1 saturated carbocycles. The molecule has 1 saturated heterocycles. The van der Waals surface area contributed by atoms with E-state index in [4.69, 9.17) is 9.47 Å². The van der Waals surface area contributed by atoms with E-state index in [-0.39, 0.29) is 36.4 Å². The summed E-state index contributed by atoms with van der Waals surface area (Å²) in [5.41, 5.74) is 1.30. The first-order valence-corrected chi connectivity index (χ1v) is 20.2. The molecule has 246 valence electrons. The minimum absolute atomic E-state index is 0.00153. The second kappa shape index (κ2) is 13.7. The summed E-state index contributed by atoms with van der Waals surface area (Å²) < 4.78 is 13.3. The van der Waals surface area contributed by atoms with E-state index in [9.17, 15) is 14.4 Å². The number of ether oxygens (including phenoxy) is 2. The van der Waals surface area contributed by atoms with Crippen LogP contribution in [0.25, 0.3) is 0 Å². The number of anilines is 2. The summed E-state index contributed by atoms with van der Waals surface area (Å²) in [6, 6.07) is 3.73. The molecule has 1 aliphatic carbocycles. The number of aromatic nitrogens is 3. The normalized spacial score (nSPS) is 22.0. The lowest BCUT2D eigenvalue weighted by Gasteiger charge is -2.32. The first kappa shape index (κ1) is 33.3. The Morgan fingerprint density at radius 2 is 1.87 bits per heavy atom. The fourth-order valence-electron chi connectivity index (χ4n) is 6.79. The van der Waals surface area contributed by atoms with Gasteiger partial charge in [-0.2, -0.15) is 5.10 Å². The molecule has 3 aliphatic rings. The number of nitrogens with one attached hydrogen (secondary N) is 2. The maximum Gasteiger partial charge on any atom is 0.270 e. The summed E-state index contributed by atoms with van der Waals surface area (Å²) in [6.45, 7) is 14.8. The molecule has 4 heterocycles. The van der Waals surface area contributed by atoms with E-state index < -0.39 is 19.5 Å². The zero-order valence-electron chi connectivity index (χ0n) is 27.7. The van der Waals surface area contributed by atoms with Crippen LogP contribution in [0.2, 0.25) is 25.7 Å². The van der Waals surface area contributed by atoms with Crippen molar-refractivity contribution in [3.05, 3.63) is 35.8 Å². The Morgan fingerprint density at radius 3 is 2.53 bits per heavy atom. The van der Waals surface area contributed by atoms with Crippen molar-refractivity contribution in [2.45, 2.75) is 102 Å². The third kappa shape index (κ3) is 7.33. The van der Waals surface area contributed by atoms with Crippen molar-refractivity contribution in [3.8, 4) is 0 Å². The average molecular weight is 639 g/mol. The molecule has 0 bridgehead atoms. The van der Waals surface area contributed by atoms with Gasteiger partial charge in [0.2, 0.25) is 11.8 Å². The van der Waals surface area contributed by atoms with Gasteiger partial charge in [-0.25, -0.2) is 4.98 Å². The molecule has 12 heteroatoms. The number of nitrogens with zero attached hydrogens (tertiary/aromatic N) is 4. The number of fused-ring (bicyclic) bond motifs is 2. The van der Waals surface area contributed by atoms with Gasteiger partial charge in [0.15, 0.2) is 0 Å². The quantitative estimate of drug-likeness (QED) is 0.258. The second-order valence-corrected chi connectivity index (χ2v) is 20.2. The van der Waals surface area contributed by atoms with Gasteiger partial charge in [0.25, 0.3) is 5.91 Å². The monoisotopic (exact) mass is 638 g/mol. The predicted molar refractivity (Wildman–Crippen MR) is 176 cm³/mol. The van der Waals surface area contributed by atoms with Crippen molar-refractivity contribution in [1.29, 1.82) is 0 Å². The van der Waals surface area contributed by atoms with Gasteiger partial charge < -0.3 is 20.1 Å². The Morgan fingerprint density at radius 1 is 1.16 bits per heavy atom. The maximum absolute atomic E-state index is 14.0. The first-order valence-electron chi connectivity index (χ1n) is 16.5. The first-order chi connectivity index (χ1) is 21.4. The van der Waals surface area contributed by atoms with Crippen LogP contribution in [0.1, 0.15) is 81.4 Å². The van der Waals surface area contributed by atoms with Crippen molar-refractivity contribution in [2.75, 3.05) is 36.8 Å². The van der Waals surface area contributed by atoms with Crippen LogP contribution >= 0.6 is 0 Å². The van der Waals surface area contributed by atoms with Crippen LogP contribution in [0, 0.1) is 11.8 Å². The Hall–Kier alpha value is -3.09. The van der Waals surface area contributed by atoms with Gasteiger partial charge in [-0.15, -0.1) is 0 Å². The third-order valence-corrected chi connectivity index (χ3v) is 11.4. The van der Waals surface area contributed by atoms with Crippen molar-refractivity contribution in [1.82, 2.24) is 20.1 Å². The van der Waals surface area contributed by atoms with Gasteiger partial charge in [0.05, 0.1) is 11.1 Å². The average Bonchev–Trinajstić information content (AvgIpc) is 3.57. The summed E-state index contributed by atoms with van der Waals surface area (Å²) in [5.74, 6) is 0.305. The zero-order chi connectivity index (χ0) is 32.4. The van der Waals surface area contributed by atoms with Gasteiger partial charge in [-0.3, -0.25) is 24.0 Å². The van der Waals surface area contributed by atoms with Crippen LogP contribution < -0.4 is 15.5 Å². The molecule has 2 N–H and O–H groups in total. The van der Waals surface area contributed by atoms with E-state index in [1.165, 1.54) is 0 Å². The molecule has 1 spiro atoms. The molecule has 45 heavy (non-hydrogen) atoms. The second-order valence-electron chi connectivity index (χ2n) is 14.6. The predicted octanol–water partition coefficient (Wildman–Crippen LogP) is 5.13. The van der Waals surface area contributed by atoms with E-state index in [0.29, 0.717) is 55.8 Å². The number of carbonyl (C=O) groups is 3. The van der Waals surface area contributed by atoms with Gasteiger partial charge >= 0.3 is 0 Å². The zero-order valence-corrected chi connectivity index (χ0v) is 28.7. The maximum atomic E-state index is 14.0. The molecule has 1 atom stereocenters. The summed E-state index contributed by atoms with van der Waals surface area (Å²) >= 11 is 0. The van der Waals surface area contributed by atoms with E-state index >= 15 is 0 Å². The molecule has 0 aromatic carbocycles. The van der Waals surface area contributed by atoms with Crippen molar-refractivity contribution < 1.29 is 23.9 Å². The van der Waals surface area contributed by atoms with Crippen LogP contribution in [0.5, 0.6) is 0 Å². The van der Waals surface area contributed by atoms with Crippen LogP contribution in [0.3, 0.4) is 0 Å². The summed E-state index contributed by atoms with van der Waals surface area (Å²) in [5, 5.41) is 10.3. The van der Waals surface area contributed by atoms with E-state index in [0.717, 1.165) is 37.3 Å². The van der Waals surface area contributed by atoms with Crippen LogP contribution in [0.15, 0.2) is 24.5 Å². The molecule has 11 nitrogen and oxygen atoms in total. The van der Waals surface area contributed by atoms with Crippen molar-refractivity contribution in [2.24, 2.45) is 11.8 Å². The molecular weight excluding hydrogens is 588 g/mol. The van der Waals surface area contributed by atoms with E-state index in [1.54, 1.807) is 34.1 Å². The fraction of sp³-hybridized carbons (Fsp3) is 0.667. The lowest BCUT2D eigenvalue weighted by atomic mass is 9.76. The number of carbonyl (C=O) groups excluding carboxylic acids is 3. The summed E-state index contributed by atoms with van der Waals surface area (Å²) in [6.07, 6.45) is 8.21. The molecule has 3 amide bonds. The van der Waals surface area contributed by atoms with Crippen molar-refractivity contribution >= 4 is 37.3 Å². The largest absolute Gasteiger partial charge is 0.381 e.